The third-order valence-corrected chi connectivity index (χ3v) is 4.73. The van der Waals surface area contributed by atoms with Gasteiger partial charge in [0.25, 0.3) is 5.91 Å². The summed E-state index contributed by atoms with van der Waals surface area (Å²) in [6.45, 7) is -0.0873. The molecule has 0 bridgehead atoms. The zero-order valence-corrected chi connectivity index (χ0v) is 14.1. The third kappa shape index (κ3) is 6.01. The van der Waals surface area contributed by atoms with Gasteiger partial charge in [-0.2, -0.15) is 13.2 Å². The molecule has 0 heterocycles. The molecule has 7 heteroatoms. The average molecular weight is 358 g/mol. The number of carbonyl (C=O) groups excluding carboxylic acids is 1. The SMILES string of the molecule is N[C@H](CC1CCCCC1)C(O)C(=O)NCc1cccc(C(F)(F)F)c1. The molecule has 2 atom stereocenters. The molecule has 0 aliphatic heterocycles. The van der Waals surface area contributed by atoms with Gasteiger partial charge in [0.05, 0.1) is 5.56 Å². The molecule has 1 aliphatic rings. The van der Waals surface area contributed by atoms with Gasteiger partial charge in [0.2, 0.25) is 0 Å². The average Bonchev–Trinajstić information content (AvgIpc) is 2.59. The van der Waals surface area contributed by atoms with Gasteiger partial charge in [-0.1, -0.05) is 44.2 Å². The maximum absolute atomic E-state index is 12.7. The van der Waals surface area contributed by atoms with E-state index in [0.717, 1.165) is 37.8 Å². The highest BCUT2D eigenvalue weighted by atomic mass is 19.4. The lowest BCUT2D eigenvalue weighted by Gasteiger charge is -2.26. The van der Waals surface area contributed by atoms with Crippen molar-refractivity contribution in [1.82, 2.24) is 5.32 Å². The van der Waals surface area contributed by atoms with Crippen molar-refractivity contribution < 1.29 is 23.1 Å². The number of amides is 1. The van der Waals surface area contributed by atoms with E-state index in [2.05, 4.69) is 5.32 Å². The van der Waals surface area contributed by atoms with E-state index < -0.39 is 29.8 Å². The second kappa shape index (κ2) is 8.67. The molecular formula is C18H25F3N2O2. The van der Waals surface area contributed by atoms with Gasteiger partial charge in [0.15, 0.2) is 0 Å². The summed E-state index contributed by atoms with van der Waals surface area (Å²) >= 11 is 0. The van der Waals surface area contributed by atoms with Crippen molar-refractivity contribution in [1.29, 1.82) is 0 Å². The number of carbonyl (C=O) groups is 1. The first kappa shape index (κ1) is 19.7. The maximum Gasteiger partial charge on any atom is 0.416 e. The minimum absolute atomic E-state index is 0.0873. The molecule has 2 rings (SSSR count). The molecule has 0 radical (unpaired) electrons. The van der Waals surface area contributed by atoms with Crippen LogP contribution in [0.3, 0.4) is 0 Å². The van der Waals surface area contributed by atoms with Gasteiger partial charge in [-0.15, -0.1) is 0 Å². The molecule has 1 amide bonds. The lowest BCUT2D eigenvalue weighted by molar-refractivity contribution is -0.137. The van der Waals surface area contributed by atoms with Crippen LogP contribution >= 0.6 is 0 Å². The molecule has 1 aromatic carbocycles. The van der Waals surface area contributed by atoms with E-state index in [1.807, 2.05) is 0 Å². The fourth-order valence-corrected chi connectivity index (χ4v) is 3.28. The first-order valence-electron chi connectivity index (χ1n) is 8.65. The Hall–Kier alpha value is -1.60. The normalized spacial score (nSPS) is 18.6. The highest BCUT2D eigenvalue weighted by molar-refractivity contribution is 5.81. The molecule has 1 aromatic rings. The van der Waals surface area contributed by atoms with Crippen molar-refractivity contribution in [2.24, 2.45) is 11.7 Å². The number of halogens is 3. The van der Waals surface area contributed by atoms with E-state index in [1.54, 1.807) is 0 Å². The van der Waals surface area contributed by atoms with Gasteiger partial charge in [0.1, 0.15) is 6.10 Å². The second-order valence-electron chi connectivity index (χ2n) is 6.76. The van der Waals surface area contributed by atoms with Crippen LogP contribution in [-0.4, -0.2) is 23.2 Å². The number of hydrogen-bond donors (Lipinski definition) is 3. The van der Waals surface area contributed by atoms with Gasteiger partial charge in [-0.3, -0.25) is 4.79 Å². The van der Waals surface area contributed by atoms with Crippen molar-refractivity contribution >= 4 is 5.91 Å². The Morgan fingerprint density at radius 1 is 1.28 bits per heavy atom. The third-order valence-electron chi connectivity index (χ3n) is 4.73. The van der Waals surface area contributed by atoms with Gasteiger partial charge < -0.3 is 16.2 Å². The van der Waals surface area contributed by atoms with Crippen LogP contribution < -0.4 is 11.1 Å². The van der Waals surface area contributed by atoms with Gasteiger partial charge in [-0.05, 0) is 30.0 Å². The van der Waals surface area contributed by atoms with Crippen LogP contribution in [0.2, 0.25) is 0 Å². The molecule has 140 valence electrons. The number of aliphatic hydroxyl groups excluding tert-OH is 1. The highest BCUT2D eigenvalue weighted by Crippen LogP contribution is 2.29. The van der Waals surface area contributed by atoms with E-state index in [0.29, 0.717) is 17.9 Å². The minimum atomic E-state index is -4.43. The molecule has 0 aromatic heterocycles. The van der Waals surface area contributed by atoms with Crippen LogP contribution in [0.25, 0.3) is 0 Å². The fraction of sp³-hybridized carbons (Fsp3) is 0.611. The number of hydrogen-bond acceptors (Lipinski definition) is 3. The van der Waals surface area contributed by atoms with Crippen LogP contribution in [0, 0.1) is 5.92 Å². The van der Waals surface area contributed by atoms with E-state index in [-0.39, 0.29) is 6.54 Å². The van der Waals surface area contributed by atoms with E-state index in [1.165, 1.54) is 18.6 Å². The predicted molar refractivity (Wildman–Crippen MR) is 88.5 cm³/mol. The zero-order valence-electron chi connectivity index (χ0n) is 14.1. The van der Waals surface area contributed by atoms with Crippen molar-refractivity contribution in [3.05, 3.63) is 35.4 Å². The van der Waals surface area contributed by atoms with Crippen molar-refractivity contribution in [3.63, 3.8) is 0 Å². The number of nitrogens with two attached hydrogens (primary N) is 1. The molecule has 4 nitrogen and oxygen atoms in total. The summed E-state index contributed by atoms with van der Waals surface area (Å²) < 4.78 is 38.0. The summed E-state index contributed by atoms with van der Waals surface area (Å²) in [7, 11) is 0. The molecule has 1 aliphatic carbocycles. The first-order chi connectivity index (χ1) is 11.8. The molecule has 1 saturated carbocycles. The molecule has 0 spiro atoms. The summed E-state index contributed by atoms with van der Waals surface area (Å²) in [4.78, 5) is 12.0. The number of nitrogens with one attached hydrogen (secondary N) is 1. The smallest absolute Gasteiger partial charge is 0.382 e. The van der Waals surface area contributed by atoms with E-state index in [9.17, 15) is 23.1 Å². The highest BCUT2D eigenvalue weighted by Gasteiger charge is 2.30. The standard InChI is InChI=1S/C18H25F3N2O2/c19-18(20,21)14-8-4-7-13(9-14)11-23-17(25)16(24)15(22)10-12-5-2-1-3-6-12/h4,7-9,12,15-16,24H,1-3,5-6,10-11,22H2,(H,23,25)/t15-,16?/m1/s1. The topological polar surface area (TPSA) is 75.3 Å². The fourth-order valence-electron chi connectivity index (χ4n) is 3.28. The van der Waals surface area contributed by atoms with Crippen LogP contribution in [0.1, 0.15) is 49.7 Å². The number of aliphatic hydroxyl groups is 1. The Bertz CT molecular complexity index is 572. The molecule has 0 saturated heterocycles. The van der Waals surface area contributed by atoms with Crippen LogP contribution in [0.4, 0.5) is 13.2 Å². The Morgan fingerprint density at radius 3 is 2.60 bits per heavy atom. The van der Waals surface area contributed by atoms with Crippen molar-refractivity contribution in [3.8, 4) is 0 Å². The number of rotatable bonds is 6. The first-order valence-corrected chi connectivity index (χ1v) is 8.65. The van der Waals surface area contributed by atoms with Crippen molar-refractivity contribution in [2.75, 3.05) is 0 Å². The van der Waals surface area contributed by atoms with Crippen molar-refractivity contribution in [2.45, 2.75) is 63.4 Å². The summed E-state index contributed by atoms with van der Waals surface area (Å²) in [5.41, 5.74) is 5.49. The number of alkyl halides is 3. The Kier molecular flexibility index (Phi) is 6.84. The summed E-state index contributed by atoms with van der Waals surface area (Å²) in [6.07, 6.45) is 0.433. The lowest BCUT2D eigenvalue weighted by Crippen LogP contribution is -2.47. The monoisotopic (exact) mass is 358 g/mol. The predicted octanol–water partition coefficient (Wildman–Crippen LogP) is 2.98. The summed E-state index contributed by atoms with van der Waals surface area (Å²) in [5.74, 6) is -0.226. The number of benzene rings is 1. The summed E-state index contributed by atoms with van der Waals surface area (Å²) in [5, 5.41) is 12.5. The van der Waals surface area contributed by atoms with Gasteiger partial charge in [0, 0.05) is 12.6 Å². The molecule has 4 N–H and O–H groups in total. The Balaban J connectivity index is 1.84. The molecule has 25 heavy (non-hydrogen) atoms. The van der Waals surface area contributed by atoms with Crippen LogP contribution in [0.5, 0.6) is 0 Å². The minimum Gasteiger partial charge on any atom is -0.382 e. The summed E-state index contributed by atoms with van der Waals surface area (Å²) in [6, 6.07) is 4.07. The molecular weight excluding hydrogens is 333 g/mol. The van der Waals surface area contributed by atoms with E-state index in [4.69, 9.17) is 5.73 Å². The maximum atomic E-state index is 12.7. The van der Waals surface area contributed by atoms with Gasteiger partial charge in [-0.25, -0.2) is 0 Å². The Morgan fingerprint density at radius 2 is 1.96 bits per heavy atom. The lowest BCUT2D eigenvalue weighted by atomic mass is 9.84. The zero-order chi connectivity index (χ0) is 18.4. The molecule has 1 fully saturated rings. The Labute approximate surface area is 145 Å². The molecule has 1 unspecified atom stereocenters. The van der Waals surface area contributed by atoms with Crippen LogP contribution in [0.15, 0.2) is 24.3 Å². The van der Waals surface area contributed by atoms with Crippen LogP contribution in [-0.2, 0) is 17.5 Å². The second-order valence-corrected chi connectivity index (χ2v) is 6.76. The van der Waals surface area contributed by atoms with E-state index >= 15 is 0 Å². The van der Waals surface area contributed by atoms with Gasteiger partial charge >= 0.3 is 6.18 Å². The quantitative estimate of drug-likeness (QED) is 0.732. The largest absolute Gasteiger partial charge is 0.416 e.